The van der Waals surface area contributed by atoms with E-state index in [1.165, 1.54) is 6.20 Å². The van der Waals surface area contributed by atoms with Crippen LogP contribution in [0, 0.1) is 6.92 Å². The second-order valence-electron chi connectivity index (χ2n) is 9.24. The molecule has 3 rings (SSSR count). The molecule has 0 saturated heterocycles. The van der Waals surface area contributed by atoms with Crippen LogP contribution in [0.1, 0.15) is 42.5 Å². The molecule has 0 spiro atoms. The normalized spacial score (nSPS) is 12.8. The third-order valence-corrected chi connectivity index (χ3v) is 12.2. The molecule has 3 aromatic rings. The average molecular weight is 459 g/mol. The third-order valence-electron chi connectivity index (χ3n) is 6.04. The van der Waals surface area contributed by atoms with Crippen LogP contribution in [0.2, 0.25) is 18.1 Å². The molecule has 0 saturated carbocycles. The molecule has 0 aliphatic carbocycles. The molecular weight excluding hydrogens is 428 g/mol. The van der Waals surface area contributed by atoms with Crippen LogP contribution in [-0.4, -0.2) is 31.6 Å². The van der Waals surface area contributed by atoms with E-state index in [0.29, 0.717) is 18.6 Å². The van der Waals surface area contributed by atoms with Crippen LogP contribution in [-0.2, 0) is 21.1 Å². The van der Waals surface area contributed by atoms with Gasteiger partial charge in [-0.1, -0.05) is 38.5 Å². The van der Waals surface area contributed by atoms with E-state index in [1.807, 2.05) is 29.8 Å². The lowest BCUT2D eigenvalue weighted by atomic mass is 10.2. The molecule has 1 aromatic carbocycles. The molecule has 0 amide bonds. The number of nitrogens with zero attached hydrogens (tertiary/aromatic N) is 2. The van der Waals surface area contributed by atoms with E-state index in [-0.39, 0.29) is 15.6 Å². The fraction of sp³-hybridized carbons (Fsp3) is 0.348. The number of aromatic nitrogens is 2. The molecule has 31 heavy (non-hydrogen) atoms. The first-order valence-electron chi connectivity index (χ1n) is 10.2. The Labute approximate surface area is 185 Å². The zero-order valence-electron chi connectivity index (χ0n) is 18.9. The van der Waals surface area contributed by atoms with Gasteiger partial charge in [-0.25, -0.2) is 12.4 Å². The van der Waals surface area contributed by atoms with Gasteiger partial charge in [0, 0.05) is 18.1 Å². The zero-order chi connectivity index (χ0) is 23.0. The summed E-state index contributed by atoms with van der Waals surface area (Å²) in [5, 5.41) is 0.0732. The number of aryl methyl sites for hydroxylation is 1. The number of benzene rings is 1. The highest BCUT2D eigenvalue weighted by atomic mass is 32.2. The van der Waals surface area contributed by atoms with Crippen LogP contribution in [0.4, 0.5) is 0 Å². The summed E-state index contributed by atoms with van der Waals surface area (Å²) < 4.78 is 35.5. The van der Waals surface area contributed by atoms with Gasteiger partial charge in [0.15, 0.2) is 14.6 Å². The zero-order valence-corrected chi connectivity index (χ0v) is 20.7. The van der Waals surface area contributed by atoms with Crippen LogP contribution in [0.3, 0.4) is 0 Å². The second kappa shape index (κ2) is 8.25. The first-order valence-corrected chi connectivity index (χ1v) is 14.5. The number of carbonyl (C=O) groups is 1. The summed E-state index contributed by atoms with van der Waals surface area (Å²) in [6, 6.07) is 12.0. The number of rotatable bonds is 7. The number of aldehydes is 1. The average Bonchev–Trinajstić information content (AvgIpc) is 3.32. The van der Waals surface area contributed by atoms with Gasteiger partial charge in [0.05, 0.1) is 17.2 Å². The van der Waals surface area contributed by atoms with Crippen molar-refractivity contribution in [2.75, 3.05) is 0 Å². The molecule has 2 heterocycles. The summed E-state index contributed by atoms with van der Waals surface area (Å²) in [7, 11) is -5.85. The Morgan fingerprint density at radius 1 is 1.03 bits per heavy atom. The van der Waals surface area contributed by atoms with E-state index in [1.54, 1.807) is 30.3 Å². The topological polar surface area (TPSA) is 70.3 Å². The van der Waals surface area contributed by atoms with Gasteiger partial charge in [-0.2, -0.15) is 0 Å². The maximum atomic E-state index is 13.1. The van der Waals surface area contributed by atoms with E-state index >= 15 is 0 Å². The standard InChI is InChI=1S/C23H30N2O4SSi/c1-18-9-11-20(12-10-18)30(27,28)25-15-13-21(22(25)16-26)24-14-7-8-19(24)17-29-31(5,6)23(2,3)4/h7-16H,17H2,1-6H3. The highest BCUT2D eigenvalue weighted by Crippen LogP contribution is 2.37. The van der Waals surface area contributed by atoms with Crippen molar-refractivity contribution < 1.29 is 17.6 Å². The predicted molar refractivity (Wildman–Crippen MR) is 125 cm³/mol. The molecule has 0 bridgehead atoms. The van der Waals surface area contributed by atoms with Gasteiger partial charge >= 0.3 is 0 Å². The summed E-state index contributed by atoms with van der Waals surface area (Å²) in [5.41, 5.74) is 2.40. The Balaban J connectivity index is 1.98. The summed E-state index contributed by atoms with van der Waals surface area (Å²) in [4.78, 5) is 12.1. The van der Waals surface area contributed by atoms with E-state index in [9.17, 15) is 13.2 Å². The van der Waals surface area contributed by atoms with Crippen molar-refractivity contribution in [3.63, 3.8) is 0 Å². The van der Waals surface area contributed by atoms with E-state index in [4.69, 9.17) is 4.43 Å². The molecular formula is C23H30N2O4SSi. The van der Waals surface area contributed by atoms with Crippen LogP contribution in [0.15, 0.2) is 59.8 Å². The van der Waals surface area contributed by atoms with Gasteiger partial charge in [0.2, 0.25) is 0 Å². The minimum atomic E-state index is -3.89. The Hall–Kier alpha value is -2.42. The molecule has 8 heteroatoms. The maximum Gasteiger partial charge on any atom is 0.268 e. The quantitative estimate of drug-likeness (QED) is 0.362. The fourth-order valence-electron chi connectivity index (χ4n) is 3.01. The Morgan fingerprint density at radius 3 is 2.26 bits per heavy atom. The predicted octanol–water partition coefficient (Wildman–Crippen LogP) is 5.16. The van der Waals surface area contributed by atoms with Gasteiger partial charge in [0.1, 0.15) is 5.69 Å². The smallest absolute Gasteiger partial charge is 0.268 e. The molecule has 2 aromatic heterocycles. The minimum absolute atomic E-state index is 0.0732. The summed E-state index contributed by atoms with van der Waals surface area (Å²) in [5.74, 6) is 0. The Morgan fingerprint density at radius 2 is 1.68 bits per heavy atom. The van der Waals surface area contributed by atoms with Gasteiger partial charge < -0.3 is 8.99 Å². The van der Waals surface area contributed by atoms with Crippen LogP contribution in [0.5, 0.6) is 0 Å². The van der Waals surface area contributed by atoms with Crippen molar-refractivity contribution >= 4 is 24.6 Å². The lowest BCUT2D eigenvalue weighted by Crippen LogP contribution is -2.40. The minimum Gasteiger partial charge on any atom is -0.411 e. The Bertz CT molecular complexity index is 1180. The monoisotopic (exact) mass is 458 g/mol. The van der Waals surface area contributed by atoms with Crippen LogP contribution < -0.4 is 0 Å². The van der Waals surface area contributed by atoms with Crippen molar-refractivity contribution in [3.8, 4) is 5.69 Å². The summed E-state index contributed by atoms with van der Waals surface area (Å²) in [6.07, 6.45) is 3.82. The lowest BCUT2D eigenvalue weighted by molar-refractivity contribution is 0.111. The molecule has 6 nitrogen and oxygen atoms in total. The van der Waals surface area contributed by atoms with Gasteiger partial charge in [-0.15, -0.1) is 0 Å². The fourth-order valence-corrected chi connectivity index (χ4v) is 5.27. The maximum absolute atomic E-state index is 13.1. The summed E-state index contributed by atoms with van der Waals surface area (Å²) in [6.45, 7) is 13.2. The highest BCUT2D eigenvalue weighted by Gasteiger charge is 2.37. The molecule has 0 radical (unpaired) electrons. The molecule has 166 valence electrons. The van der Waals surface area contributed by atoms with E-state index in [2.05, 4.69) is 33.9 Å². The largest absolute Gasteiger partial charge is 0.411 e. The first kappa shape index (κ1) is 23.2. The molecule has 0 fully saturated rings. The Kier molecular flexibility index (Phi) is 6.19. The molecule has 0 aliphatic rings. The SMILES string of the molecule is Cc1ccc(S(=O)(=O)n2ccc(-n3cccc3CO[Si](C)(C)C(C)(C)C)c2C=O)cc1. The van der Waals surface area contributed by atoms with Crippen LogP contribution in [0.25, 0.3) is 5.69 Å². The van der Waals surface area contributed by atoms with Crippen molar-refractivity contribution in [3.05, 3.63) is 71.8 Å². The molecule has 0 N–H and O–H groups in total. The molecule has 0 unspecified atom stereocenters. The van der Waals surface area contributed by atoms with Crippen molar-refractivity contribution in [2.45, 2.75) is 57.3 Å². The van der Waals surface area contributed by atoms with Crippen molar-refractivity contribution in [2.24, 2.45) is 0 Å². The van der Waals surface area contributed by atoms with E-state index < -0.39 is 18.3 Å². The highest BCUT2D eigenvalue weighted by molar-refractivity contribution is 7.90. The molecule has 0 atom stereocenters. The number of hydrogen-bond acceptors (Lipinski definition) is 4. The summed E-state index contributed by atoms with van der Waals surface area (Å²) >= 11 is 0. The molecule has 0 aliphatic heterocycles. The van der Waals surface area contributed by atoms with E-state index in [0.717, 1.165) is 15.2 Å². The van der Waals surface area contributed by atoms with Crippen LogP contribution >= 0.6 is 0 Å². The van der Waals surface area contributed by atoms with Gasteiger partial charge in [-0.3, -0.25) is 4.79 Å². The number of hydrogen-bond donors (Lipinski definition) is 0. The number of carbonyl (C=O) groups excluding carboxylic acids is 1. The van der Waals surface area contributed by atoms with Gasteiger partial charge in [0.25, 0.3) is 10.0 Å². The second-order valence-corrected chi connectivity index (χ2v) is 15.9. The lowest BCUT2D eigenvalue weighted by Gasteiger charge is -2.36. The van der Waals surface area contributed by atoms with Gasteiger partial charge in [-0.05, 0) is 55.4 Å². The third kappa shape index (κ3) is 4.46. The van der Waals surface area contributed by atoms with Crippen molar-refractivity contribution in [1.82, 2.24) is 8.54 Å². The first-order chi connectivity index (χ1) is 14.4. The van der Waals surface area contributed by atoms with Crippen molar-refractivity contribution in [1.29, 1.82) is 0 Å².